The van der Waals surface area contributed by atoms with Gasteiger partial charge in [-0.1, -0.05) is 0 Å². The zero-order valence-electron chi connectivity index (χ0n) is 17.4. The van der Waals surface area contributed by atoms with Gasteiger partial charge in [-0.25, -0.2) is 4.79 Å². The highest BCUT2D eigenvalue weighted by molar-refractivity contribution is 7.98. The Hall–Kier alpha value is -2.42. The van der Waals surface area contributed by atoms with Gasteiger partial charge in [-0.15, -0.1) is 0 Å². The molecule has 0 aromatic rings. The summed E-state index contributed by atoms with van der Waals surface area (Å²) in [4.78, 5) is 59.1. The van der Waals surface area contributed by atoms with Gasteiger partial charge in [0.05, 0.1) is 18.6 Å². The van der Waals surface area contributed by atoms with Crippen LogP contribution in [0.15, 0.2) is 0 Å². The van der Waals surface area contributed by atoms with Crippen LogP contribution < -0.4 is 21.7 Å². The van der Waals surface area contributed by atoms with Crippen LogP contribution in [0, 0.1) is 0 Å². The van der Waals surface area contributed by atoms with Crippen molar-refractivity contribution in [1.82, 2.24) is 16.0 Å². The van der Waals surface area contributed by atoms with Crippen LogP contribution >= 0.6 is 11.8 Å². The van der Waals surface area contributed by atoms with E-state index in [2.05, 4.69) is 16.0 Å². The van der Waals surface area contributed by atoms with Crippen molar-refractivity contribution in [2.75, 3.05) is 12.0 Å². The van der Waals surface area contributed by atoms with Gasteiger partial charge < -0.3 is 42.1 Å². The van der Waals surface area contributed by atoms with Crippen LogP contribution in [-0.2, 0) is 24.0 Å². The number of carbonyl (C=O) groups is 5. The number of thioether (sulfide) groups is 1. The number of aliphatic carboxylic acids is 2. The van der Waals surface area contributed by atoms with Crippen molar-refractivity contribution in [3.63, 3.8) is 0 Å². The number of nitrogens with one attached hydrogen (secondary N) is 3. The standard InChI is InChI=1S/C17H30N4O9S/c1-7(22)12(18)15(27)21-13(8(2)23)16(28)19-9(4-5-31-3)14(26)20-10(17(29)30)6-11(24)25/h7-10,12-13,22-23H,4-6,18H2,1-3H3,(H,19,28)(H,20,26)(H,21,27)(H,24,25)(H,29,30). The Kier molecular flexibility index (Phi) is 12.7. The zero-order chi connectivity index (χ0) is 24.3. The van der Waals surface area contributed by atoms with E-state index in [0.717, 1.165) is 0 Å². The van der Waals surface area contributed by atoms with E-state index in [-0.39, 0.29) is 6.42 Å². The molecule has 0 saturated carbocycles. The Balaban J connectivity index is 5.42. The zero-order valence-corrected chi connectivity index (χ0v) is 18.2. The Morgan fingerprint density at radius 1 is 0.871 bits per heavy atom. The number of carbonyl (C=O) groups excluding carboxylic acids is 3. The first-order chi connectivity index (χ1) is 14.3. The summed E-state index contributed by atoms with van der Waals surface area (Å²) in [5.74, 6) is -5.42. The Labute approximate surface area is 183 Å². The summed E-state index contributed by atoms with van der Waals surface area (Å²) in [5, 5.41) is 43.7. The van der Waals surface area contributed by atoms with E-state index < -0.39 is 72.5 Å². The first-order valence-corrected chi connectivity index (χ1v) is 10.7. The van der Waals surface area contributed by atoms with Crippen LogP contribution in [0.5, 0.6) is 0 Å². The summed E-state index contributed by atoms with van der Waals surface area (Å²) < 4.78 is 0. The largest absolute Gasteiger partial charge is 0.481 e. The molecule has 0 radical (unpaired) electrons. The summed E-state index contributed by atoms with van der Waals surface area (Å²) in [6.45, 7) is 2.48. The predicted molar refractivity (Wildman–Crippen MR) is 110 cm³/mol. The lowest BCUT2D eigenvalue weighted by Gasteiger charge is -2.26. The van der Waals surface area contributed by atoms with Gasteiger partial charge in [-0.05, 0) is 32.3 Å². The third kappa shape index (κ3) is 10.4. The van der Waals surface area contributed by atoms with Crippen molar-refractivity contribution < 1.29 is 44.4 Å². The number of aliphatic hydroxyl groups is 2. The van der Waals surface area contributed by atoms with E-state index in [4.69, 9.17) is 15.9 Å². The minimum absolute atomic E-state index is 0.0613. The molecule has 0 aliphatic heterocycles. The number of amides is 3. The second-order valence-corrected chi connectivity index (χ2v) is 7.82. The van der Waals surface area contributed by atoms with E-state index in [1.165, 1.54) is 25.6 Å². The van der Waals surface area contributed by atoms with Crippen LogP contribution in [0.1, 0.15) is 26.7 Å². The summed E-state index contributed by atoms with van der Waals surface area (Å²) in [7, 11) is 0. The lowest BCUT2D eigenvalue weighted by atomic mass is 10.1. The maximum absolute atomic E-state index is 12.6. The molecule has 0 aromatic carbocycles. The third-order valence-electron chi connectivity index (χ3n) is 4.12. The molecule has 0 saturated heterocycles. The van der Waals surface area contributed by atoms with Crippen molar-refractivity contribution in [3.8, 4) is 0 Å². The lowest BCUT2D eigenvalue weighted by molar-refractivity contribution is -0.147. The van der Waals surface area contributed by atoms with Crippen LogP contribution in [0.4, 0.5) is 0 Å². The Morgan fingerprint density at radius 3 is 1.84 bits per heavy atom. The molecule has 0 spiro atoms. The van der Waals surface area contributed by atoms with E-state index in [1.807, 2.05) is 0 Å². The number of carboxylic acids is 2. The molecule has 0 aromatic heterocycles. The SMILES string of the molecule is CSCCC(NC(=O)C(NC(=O)C(N)C(C)O)C(C)O)C(=O)NC(CC(=O)O)C(=O)O. The molecular weight excluding hydrogens is 436 g/mol. The molecule has 13 nitrogen and oxygen atoms in total. The summed E-state index contributed by atoms with van der Waals surface area (Å²) in [5.41, 5.74) is 5.50. The van der Waals surface area contributed by atoms with Crippen molar-refractivity contribution in [2.45, 2.75) is 63.1 Å². The number of rotatable bonds is 14. The molecule has 0 heterocycles. The molecule has 3 amide bonds. The maximum Gasteiger partial charge on any atom is 0.326 e. The summed E-state index contributed by atoms with van der Waals surface area (Å²) >= 11 is 1.34. The fourth-order valence-electron chi connectivity index (χ4n) is 2.29. The molecule has 0 aliphatic carbocycles. The molecule has 9 N–H and O–H groups in total. The molecule has 0 rings (SSSR count). The van der Waals surface area contributed by atoms with Gasteiger partial charge in [0.2, 0.25) is 17.7 Å². The Bertz CT molecular complexity index is 660. The second kappa shape index (κ2) is 13.8. The molecule has 0 fully saturated rings. The van der Waals surface area contributed by atoms with Gasteiger partial charge in [0.1, 0.15) is 24.2 Å². The van der Waals surface area contributed by atoms with Crippen molar-refractivity contribution in [1.29, 1.82) is 0 Å². The number of aliphatic hydroxyl groups excluding tert-OH is 2. The van der Waals surface area contributed by atoms with Crippen LogP contribution in [0.25, 0.3) is 0 Å². The molecule has 6 atom stereocenters. The molecule has 0 aliphatic rings. The van der Waals surface area contributed by atoms with Crippen molar-refractivity contribution in [3.05, 3.63) is 0 Å². The van der Waals surface area contributed by atoms with Crippen LogP contribution in [0.3, 0.4) is 0 Å². The molecule has 0 bridgehead atoms. The van der Waals surface area contributed by atoms with E-state index >= 15 is 0 Å². The van der Waals surface area contributed by atoms with Crippen LogP contribution in [0.2, 0.25) is 0 Å². The maximum atomic E-state index is 12.6. The van der Waals surface area contributed by atoms with Gasteiger partial charge in [0, 0.05) is 0 Å². The first kappa shape index (κ1) is 28.6. The topological polar surface area (TPSA) is 228 Å². The monoisotopic (exact) mass is 466 g/mol. The van der Waals surface area contributed by atoms with Gasteiger partial charge in [0.15, 0.2) is 0 Å². The van der Waals surface area contributed by atoms with Crippen molar-refractivity contribution >= 4 is 41.4 Å². The van der Waals surface area contributed by atoms with Crippen molar-refractivity contribution in [2.24, 2.45) is 5.73 Å². The van der Waals surface area contributed by atoms with E-state index in [0.29, 0.717) is 5.75 Å². The number of hydrogen-bond acceptors (Lipinski definition) is 9. The normalized spacial score (nSPS) is 16.7. The minimum atomic E-state index is -1.71. The summed E-state index contributed by atoms with van der Waals surface area (Å²) in [6, 6.07) is -5.86. The number of hydrogen-bond donors (Lipinski definition) is 8. The number of nitrogens with two attached hydrogens (primary N) is 1. The molecular formula is C17H30N4O9S. The highest BCUT2D eigenvalue weighted by atomic mass is 32.2. The fraction of sp³-hybridized carbons (Fsp3) is 0.706. The third-order valence-corrected chi connectivity index (χ3v) is 4.77. The second-order valence-electron chi connectivity index (χ2n) is 6.83. The molecule has 14 heteroatoms. The van der Waals surface area contributed by atoms with Gasteiger partial charge in [-0.2, -0.15) is 11.8 Å². The highest BCUT2D eigenvalue weighted by Gasteiger charge is 2.33. The first-order valence-electron chi connectivity index (χ1n) is 9.28. The molecule has 31 heavy (non-hydrogen) atoms. The summed E-state index contributed by atoms with van der Waals surface area (Å²) in [6.07, 6.45) is -1.69. The smallest absolute Gasteiger partial charge is 0.326 e. The quantitative estimate of drug-likeness (QED) is 0.127. The molecule has 178 valence electrons. The van der Waals surface area contributed by atoms with Gasteiger partial charge in [-0.3, -0.25) is 19.2 Å². The van der Waals surface area contributed by atoms with Gasteiger partial charge in [0.25, 0.3) is 0 Å². The van der Waals surface area contributed by atoms with Gasteiger partial charge >= 0.3 is 11.9 Å². The van der Waals surface area contributed by atoms with E-state index in [1.54, 1.807) is 6.26 Å². The lowest BCUT2D eigenvalue weighted by Crippen LogP contribution is -2.60. The van der Waals surface area contributed by atoms with Crippen LogP contribution in [-0.4, -0.2) is 98.5 Å². The fourth-order valence-corrected chi connectivity index (χ4v) is 2.76. The Morgan fingerprint density at radius 2 is 1.42 bits per heavy atom. The minimum Gasteiger partial charge on any atom is -0.481 e. The highest BCUT2D eigenvalue weighted by Crippen LogP contribution is 2.05. The number of carboxylic acid groups (broad SMARTS) is 2. The average molecular weight is 467 g/mol. The van der Waals surface area contributed by atoms with E-state index in [9.17, 15) is 34.2 Å². The average Bonchev–Trinajstić information content (AvgIpc) is 2.66. The predicted octanol–water partition coefficient (Wildman–Crippen LogP) is -3.16. The molecule has 6 unspecified atom stereocenters.